The Bertz CT molecular complexity index is 583. The number of amides is 1. The Kier molecular flexibility index (Phi) is 4.93. The van der Waals surface area contributed by atoms with E-state index in [0.717, 1.165) is 33.9 Å². The van der Waals surface area contributed by atoms with E-state index < -0.39 is 0 Å². The molecule has 0 heterocycles. The van der Waals surface area contributed by atoms with Gasteiger partial charge in [0.2, 0.25) is 5.91 Å². The molecule has 2 aromatic rings. The fourth-order valence-electron chi connectivity index (χ4n) is 2.01. The summed E-state index contributed by atoms with van der Waals surface area (Å²) in [5.74, 6) is 0.0581. The highest BCUT2D eigenvalue weighted by molar-refractivity contribution is 9.10. The molecule has 100 valence electrons. The van der Waals surface area contributed by atoms with Crippen molar-refractivity contribution >= 4 is 38.3 Å². The molecule has 0 saturated carbocycles. The van der Waals surface area contributed by atoms with Gasteiger partial charge in [-0.3, -0.25) is 4.79 Å². The summed E-state index contributed by atoms with van der Waals surface area (Å²) in [7, 11) is 1.89. The van der Waals surface area contributed by atoms with Crippen LogP contribution in [0.5, 0.6) is 0 Å². The molecule has 0 aliphatic carbocycles. The first-order valence-corrected chi connectivity index (χ1v) is 7.13. The second-order valence-corrected chi connectivity index (χ2v) is 5.25. The number of hydrogen-bond donors (Lipinski definition) is 2. The quantitative estimate of drug-likeness (QED) is 0.827. The van der Waals surface area contributed by atoms with Crippen LogP contribution in [0.2, 0.25) is 0 Å². The normalized spacial score (nSPS) is 10.6. The smallest absolute Gasteiger partial charge is 0.224 e. The fourth-order valence-corrected chi connectivity index (χ4v) is 2.49. The summed E-state index contributed by atoms with van der Waals surface area (Å²) >= 11 is 3.53. The molecule has 19 heavy (non-hydrogen) atoms. The van der Waals surface area contributed by atoms with Gasteiger partial charge in [0, 0.05) is 22.0 Å². The highest BCUT2D eigenvalue weighted by Gasteiger charge is 2.07. The van der Waals surface area contributed by atoms with Crippen LogP contribution in [0.3, 0.4) is 0 Å². The molecule has 0 unspecified atom stereocenters. The Morgan fingerprint density at radius 1 is 1.16 bits per heavy atom. The molecule has 0 aliphatic heterocycles. The number of fused-ring (bicyclic) bond motifs is 1. The number of carbonyl (C=O) groups excluding carboxylic acids is 1. The fraction of sp³-hybridized carbons (Fsp3) is 0.267. The summed E-state index contributed by atoms with van der Waals surface area (Å²) in [6.45, 7) is 0.856. The van der Waals surface area contributed by atoms with E-state index >= 15 is 0 Å². The summed E-state index contributed by atoms with van der Waals surface area (Å²) in [6.07, 6.45) is 1.38. The minimum atomic E-state index is 0.0581. The molecule has 0 atom stereocenters. The average molecular weight is 321 g/mol. The first-order valence-electron chi connectivity index (χ1n) is 6.34. The van der Waals surface area contributed by atoms with Crippen LogP contribution in [0, 0.1) is 0 Å². The highest BCUT2D eigenvalue weighted by Crippen LogP contribution is 2.29. The molecule has 1 amide bonds. The third-order valence-electron chi connectivity index (χ3n) is 2.98. The molecule has 3 nitrogen and oxygen atoms in total. The van der Waals surface area contributed by atoms with Crippen molar-refractivity contribution < 1.29 is 4.79 Å². The minimum absolute atomic E-state index is 0.0581. The van der Waals surface area contributed by atoms with Gasteiger partial charge in [-0.2, -0.15) is 0 Å². The van der Waals surface area contributed by atoms with E-state index in [1.165, 1.54) is 0 Å². The molecule has 0 aliphatic rings. The Balaban J connectivity index is 2.17. The maximum Gasteiger partial charge on any atom is 0.224 e. The van der Waals surface area contributed by atoms with Crippen molar-refractivity contribution in [2.24, 2.45) is 0 Å². The first-order chi connectivity index (χ1) is 9.22. The van der Waals surface area contributed by atoms with Crippen LogP contribution in [-0.2, 0) is 4.79 Å². The van der Waals surface area contributed by atoms with E-state index in [1.54, 1.807) is 0 Å². The maximum atomic E-state index is 11.9. The zero-order valence-electron chi connectivity index (χ0n) is 10.9. The van der Waals surface area contributed by atoms with Crippen LogP contribution >= 0.6 is 15.9 Å². The number of benzene rings is 2. The van der Waals surface area contributed by atoms with Crippen LogP contribution in [0.4, 0.5) is 5.69 Å². The third kappa shape index (κ3) is 3.55. The Hall–Kier alpha value is -1.39. The molecular formula is C15H17BrN2O. The molecular weight excluding hydrogens is 304 g/mol. The summed E-state index contributed by atoms with van der Waals surface area (Å²) in [5.41, 5.74) is 0.869. The van der Waals surface area contributed by atoms with Crippen LogP contribution in [0.25, 0.3) is 10.8 Å². The van der Waals surface area contributed by atoms with Crippen molar-refractivity contribution in [3.05, 3.63) is 40.9 Å². The van der Waals surface area contributed by atoms with Gasteiger partial charge < -0.3 is 10.6 Å². The molecule has 2 N–H and O–H groups in total. The van der Waals surface area contributed by atoms with Gasteiger partial charge >= 0.3 is 0 Å². The first kappa shape index (κ1) is 14.0. The standard InChI is InChI=1S/C15H17BrN2O/c1-17-10-4-7-15(19)18-14-9-8-13(16)11-5-2-3-6-12(11)14/h2-3,5-6,8-9,17H,4,7,10H2,1H3,(H,18,19). The van der Waals surface area contributed by atoms with Gasteiger partial charge in [-0.1, -0.05) is 40.2 Å². The monoisotopic (exact) mass is 320 g/mol. The second kappa shape index (κ2) is 6.68. The lowest BCUT2D eigenvalue weighted by molar-refractivity contribution is -0.116. The third-order valence-corrected chi connectivity index (χ3v) is 3.67. The van der Waals surface area contributed by atoms with Gasteiger partial charge in [0.1, 0.15) is 0 Å². The van der Waals surface area contributed by atoms with Crippen molar-refractivity contribution in [2.45, 2.75) is 12.8 Å². The summed E-state index contributed by atoms with van der Waals surface area (Å²) in [6, 6.07) is 11.9. The van der Waals surface area contributed by atoms with Crippen molar-refractivity contribution in [1.29, 1.82) is 0 Å². The van der Waals surface area contributed by atoms with Crippen molar-refractivity contribution in [3.63, 3.8) is 0 Å². The SMILES string of the molecule is CNCCCC(=O)Nc1ccc(Br)c2ccccc12. The average Bonchev–Trinajstić information content (AvgIpc) is 2.43. The number of carbonyl (C=O) groups is 1. The van der Waals surface area contributed by atoms with Crippen molar-refractivity contribution in [3.8, 4) is 0 Å². The van der Waals surface area contributed by atoms with Crippen LogP contribution in [0.15, 0.2) is 40.9 Å². The Labute approximate surface area is 121 Å². The zero-order valence-corrected chi connectivity index (χ0v) is 12.5. The molecule has 0 aromatic heterocycles. The van der Waals surface area contributed by atoms with E-state index in [4.69, 9.17) is 0 Å². The lowest BCUT2D eigenvalue weighted by Crippen LogP contribution is -2.15. The number of hydrogen-bond acceptors (Lipinski definition) is 2. The largest absolute Gasteiger partial charge is 0.326 e. The summed E-state index contributed by atoms with van der Waals surface area (Å²) < 4.78 is 1.04. The number of nitrogens with one attached hydrogen (secondary N) is 2. The minimum Gasteiger partial charge on any atom is -0.326 e. The topological polar surface area (TPSA) is 41.1 Å². The lowest BCUT2D eigenvalue weighted by atomic mass is 10.1. The van der Waals surface area contributed by atoms with E-state index in [-0.39, 0.29) is 5.91 Å². The molecule has 2 aromatic carbocycles. The van der Waals surface area contributed by atoms with Gasteiger partial charge in [0.15, 0.2) is 0 Å². The summed E-state index contributed by atoms with van der Waals surface area (Å²) in [5, 5.41) is 8.18. The van der Waals surface area contributed by atoms with E-state index in [9.17, 15) is 4.79 Å². The van der Waals surface area contributed by atoms with Gasteiger partial charge in [-0.25, -0.2) is 0 Å². The van der Waals surface area contributed by atoms with Crippen molar-refractivity contribution in [2.75, 3.05) is 18.9 Å². The Morgan fingerprint density at radius 3 is 2.63 bits per heavy atom. The van der Waals surface area contributed by atoms with Gasteiger partial charge in [0.05, 0.1) is 0 Å². The molecule has 0 radical (unpaired) electrons. The van der Waals surface area contributed by atoms with Crippen LogP contribution in [-0.4, -0.2) is 19.5 Å². The van der Waals surface area contributed by atoms with Crippen LogP contribution < -0.4 is 10.6 Å². The molecule has 0 spiro atoms. The lowest BCUT2D eigenvalue weighted by Gasteiger charge is -2.10. The maximum absolute atomic E-state index is 11.9. The predicted molar refractivity (Wildman–Crippen MR) is 83.4 cm³/mol. The number of rotatable bonds is 5. The Morgan fingerprint density at radius 2 is 1.89 bits per heavy atom. The van der Waals surface area contributed by atoms with Gasteiger partial charge in [-0.15, -0.1) is 0 Å². The zero-order chi connectivity index (χ0) is 13.7. The van der Waals surface area contributed by atoms with E-state index in [2.05, 4.69) is 26.6 Å². The molecule has 2 rings (SSSR count). The summed E-state index contributed by atoms with van der Waals surface area (Å²) in [4.78, 5) is 11.9. The van der Waals surface area contributed by atoms with E-state index in [0.29, 0.717) is 6.42 Å². The number of anilines is 1. The highest BCUT2D eigenvalue weighted by atomic mass is 79.9. The number of halogens is 1. The molecule has 0 bridgehead atoms. The van der Waals surface area contributed by atoms with E-state index in [1.807, 2.05) is 43.4 Å². The van der Waals surface area contributed by atoms with Crippen molar-refractivity contribution in [1.82, 2.24) is 5.32 Å². The molecule has 0 saturated heterocycles. The predicted octanol–water partition coefficient (Wildman–Crippen LogP) is 3.54. The molecule has 4 heteroatoms. The molecule has 0 fully saturated rings. The van der Waals surface area contributed by atoms with Gasteiger partial charge in [-0.05, 0) is 37.5 Å². The van der Waals surface area contributed by atoms with Gasteiger partial charge in [0.25, 0.3) is 0 Å². The van der Waals surface area contributed by atoms with Crippen LogP contribution in [0.1, 0.15) is 12.8 Å². The second-order valence-electron chi connectivity index (χ2n) is 4.40.